The summed E-state index contributed by atoms with van der Waals surface area (Å²) in [5.74, 6) is 0.841. The average Bonchev–Trinajstić information content (AvgIpc) is 2.41. The number of hydrogen-bond donors (Lipinski definition) is 3. The second-order valence-corrected chi connectivity index (χ2v) is 3.83. The molecule has 1 rings (SSSR count). The lowest BCUT2D eigenvalue weighted by molar-refractivity contribution is 0.289. The fraction of sp³-hybridized carbons (Fsp3) is 1.00. The van der Waals surface area contributed by atoms with Gasteiger partial charge in [-0.25, -0.2) is 0 Å². The third kappa shape index (κ3) is 5.24. The minimum atomic E-state index is 0.253. The number of rotatable bonds is 5. The normalized spacial score (nSPS) is 24.2. The Hall–Kier alpha value is -0.120. The van der Waals surface area contributed by atoms with Crippen molar-refractivity contribution in [1.82, 2.24) is 10.6 Å². The summed E-state index contributed by atoms with van der Waals surface area (Å²) in [7, 11) is 0. The highest BCUT2D eigenvalue weighted by Gasteiger charge is 2.10. The molecule has 78 valence electrons. The lowest BCUT2D eigenvalue weighted by Gasteiger charge is -2.13. The zero-order chi connectivity index (χ0) is 9.36. The van der Waals surface area contributed by atoms with E-state index in [4.69, 9.17) is 5.11 Å². The van der Waals surface area contributed by atoms with E-state index >= 15 is 0 Å². The molecule has 1 aliphatic rings. The van der Waals surface area contributed by atoms with E-state index in [0.29, 0.717) is 0 Å². The Kier molecular flexibility index (Phi) is 6.15. The average molecular weight is 186 g/mol. The Morgan fingerprint density at radius 3 is 3.08 bits per heavy atom. The number of nitrogens with one attached hydrogen (secondary N) is 2. The minimum Gasteiger partial charge on any atom is -0.395 e. The fourth-order valence-electron chi connectivity index (χ4n) is 1.85. The Labute approximate surface area is 80.9 Å². The molecule has 3 heteroatoms. The molecule has 0 aliphatic carbocycles. The fourth-order valence-corrected chi connectivity index (χ4v) is 1.85. The van der Waals surface area contributed by atoms with E-state index in [-0.39, 0.29) is 6.61 Å². The van der Waals surface area contributed by atoms with Crippen molar-refractivity contribution in [2.75, 3.05) is 32.8 Å². The summed E-state index contributed by atoms with van der Waals surface area (Å²) in [5, 5.41) is 15.3. The number of hydrogen-bond acceptors (Lipinski definition) is 3. The van der Waals surface area contributed by atoms with Crippen molar-refractivity contribution >= 4 is 0 Å². The maximum atomic E-state index is 8.57. The maximum Gasteiger partial charge on any atom is 0.0555 e. The van der Waals surface area contributed by atoms with Crippen LogP contribution in [0.2, 0.25) is 0 Å². The standard InChI is InChI=1S/C10H22N2O/c13-8-7-11-6-4-10-3-1-2-5-12-9-10/h10-13H,1-9H2. The van der Waals surface area contributed by atoms with Crippen molar-refractivity contribution < 1.29 is 5.11 Å². The summed E-state index contributed by atoms with van der Waals surface area (Å²) in [6.45, 7) is 4.41. The van der Waals surface area contributed by atoms with Crippen LogP contribution in [0.3, 0.4) is 0 Å². The van der Waals surface area contributed by atoms with Crippen LogP contribution >= 0.6 is 0 Å². The highest BCUT2D eigenvalue weighted by Crippen LogP contribution is 2.13. The predicted molar refractivity (Wildman–Crippen MR) is 54.8 cm³/mol. The second kappa shape index (κ2) is 7.30. The summed E-state index contributed by atoms with van der Waals surface area (Å²) in [6, 6.07) is 0. The zero-order valence-electron chi connectivity index (χ0n) is 8.39. The molecule has 0 radical (unpaired) electrons. The molecule has 0 saturated carbocycles. The van der Waals surface area contributed by atoms with Crippen molar-refractivity contribution in [2.24, 2.45) is 5.92 Å². The van der Waals surface area contributed by atoms with E-state index in [9.17, 15) is 0 Å². The van der Waals surface area contributed by atoms with Gasteiger partial charge >= 0.3 is 0 Å². The smallest absolute Gasteiger partial charge is 0.0555 e. The first kappa shape index (κ1) is 11.0. The van der Waals surface area contributed by atoms with Crippen molar-refractivity contribution in [3.8, 4) is 0 Å². The van der Waals surface area contributed by atoms with E-state index in [0.717, 1.165) is 19.0 Å². The molecule has 3 N–H and O–H groups in total. The van der Waals surface area contributed by atoms with Crippen LogP contribution in [0.15, 0.2) is 0 Å². The van der Waals surface area contributed by atoms with Gasteiger partial charge in [-0.2, -0.15) is 0 Å². The van der Waals surface area contributed by atoms with Crippen molar-refractivity contribution in [3.63, 3.8) is 0 Å². The van der Waals surface area contributed by atoms with E-state index in [2.05, 4.69) is 10.6 Å². The van der Waals surface area contributed by atoms with Crippen LogP contribution in [-0.4, -0.2) is 37.9 Å². The lowest BCUT2D eigenvalue weighted by Crippen LogP contribution is -2.26. The van der Waals surface area contributed by atoms with Crippen LogP contribution in [0.25, 0.3) is 0 Å². The molecule has 0 aromatic carbocycles. The van der Waals surface area contributed by atoms with Crippen LogP contribution in [0.1, 0.15) is 25.7 Å². The van der Waals surface area contributed by atoms with E-state index in [1.807, 2.05) is 0 Å². The molecule has 3 nitrogen and oxygen atoms in total. The van der Waals surface area contributed by atoms with Crippen LogP contribution in [-0.2, 0) is 0 Å². The molecule has 1 heterocycles. The van der Waals surface area contributed by atoms with Crippen LogP contribution in [0, 0.1) is 5.92 Å². The third-order valence-corrected chi connectivity index (χ3v) is 2.67. The molecule has 0 bridgehead atoms. The third-order valence-electron chi connectivity index (χ3n) is 2.67. The summed E-state index contributed by atoms with van der Waals surface area (Å²) in [5.41, 5.74) is 0. The Morgan fingerprint density at radius 2 is 2.23 bits per heavy atom. The maximum absolute atomic E-state index is 8.57. The first-order valence-corrected chi connectivity index (χ1v) is 5.46. The van der Waals surface area contributed by atoms with E-state index in [1.54, 1.807) is 0 Å². The molecule has 0 spiro atoms. The largest absolute Gasteiger partial charge is 0.395 e. The second-order valence-electron chi connectivity index (χ2n) is 3.83. The van der Waals surface area contributed by atoms with Gasteiger partial charge in [0.25, 0.3) is 0 Å². The van der Waals surface area contributed by atoms with Gasteiger partial charge in [0.2, 0.25) is 0 Å². The van der Waals surface area contributed by atoms with Gasteiger partial charge in [0.1, 0.15) is 0 Å². The number of aliphatic hydroxyl groups is 1. The first-order chi connectivity index (χ1) is 6.43. The Morgan fingerprint density at radius 1 is 1.31 bits per heavy atom. The van der Waals surface area contributed by atoms with Crippen LogP contribution in [0.4, 0.5) is 0 Å². The van der Waals surface area contributed by atoms with Crippen molar-refractivity contribution in [1.29, 1.82) is 0 Å². The monoisotopic (exact) mass is 186 g/mol. The molecule has 0 aromatic rings. The molecular weight excluding hydrogens is 164 g/mol. The molecule has 0 aromatic heterocycles. The first-order valence-electron chi connectivity index (χ1n) is 5.46. The van der Waals surface area contributed by atoms with Crippen molar-refractivity contribution in [3.05, 3.63) is 0 Å². The van der Waals surface area contributed by atoms with Crippen LogP contribution < -0.4 is 10.6 Å². The van der Waals surface area contributed by atoms with Gasteiger partial charge in [-0.05, 0) is 44.8 Å². The van der Waals surface area contributed by atoms with Gasteiger partial charge in [0, 0.05) is 6.54 Å². The summed E-state index contributed by atoms with van der Waals surface area (Å²) >= 11 is 0. The summed E-state index contributed by atoms with van der Waals surface area (Å²) in [6.07, 6.45) is 5.32. The Balaban J connectivity index is 1.98. The molecule has 13 heavy (non-hydrogen) atoms. The van der Waals surface area contributed by atoms with Crippen molar-refractivity contribution in [2.45, 2.75) is 25.7 Å². The summed E-state index contributed by atoms with van der Waals surface area (Å²) < 4.78 is 0. The van der Waals surface area contributed by atoms with Gasteiger partial charge in [0.15, 0.2) is 0 Å². The molecule has 0 amide bonds. The van der Waals surface area contributed by atoms with E-state index in [1.165, 1.54) is 38.8 Å². The summed E-state index contributed by atoms with van der Waals surface area (Å²) in [4.78, 5) is 0. The highest BCUT2D eigenvalue weighted by molar-refractivity contribution is 4.68. The molecule has 1 fully saturated rings. The SMILES string of the molecule is OCCNCCC1CCCCNC1. The topological polar surface area (TPSA) is 44.3 Å². The van der Waals surface area contributed by atoms with Gasteiger partial charge in [-0.15, -0.1) is 0 Å². The predicted octanol–water partition coefficient (Wildman–Crippen LogP) is 0.348. The quantitative estimate of drug-likeness (QED) is 0.543. The van der Waals surface area contributed by atoms with Gasteiger partial charge in [-0.1, -0.05) is 6.42 Å². The Bertz CT molecular complexity index is 111. The highest BCUT2D eigenvalue weighted by atomic mass is 16.3. The number of aliphatic hydroxyl groups excluding tert-OH is 1. The van der Waals surface area contributed by atoms with Gasteiger partial charge < -0.3 is 15.7 Å². The zero-order valence-corrected chi connectivity index (χ0v) is 8.39. The molecule has 1 aliphatic heterocycles. The molecule has 1 unspecified atom stereocenters. The van der Waals surface area contributed by atoms with Crippen LogP contribution in [0.5, 0.6) is 0 Å². The van der Waals surface area contributed by atoms with Gasteiger partial charge in [0.05, 0.1) is 6.61 Å². The lowest BCUT2D eigenvalue weighted by atomic mass is 10.00. The molecule has 1 atom stereocenters. The van der Waals surface area contributed by atoms with E-state index < -0.39 is 0 Å². The minimum absolute atomic E-state index is 0.253. The molecule has 1 saturated heterocycles. The van der Waals surface area contributed by atoms with Gasteiger partial charge in [-0.3, -0.25) is 0 Å². The molecular formula is C10H22N2O.